The summed E-state index contributed by atoms with van der Waals surface area (Å²) in [6.07, 6.45) is 1.49. The summed E-state index contributed by atoms with van der Waals surface area (Å²) in [5.74, 6) is 0.276. The van der Waals surface area contributed by atoms with Crippen molar-refractivity contribution in [1.29, 1.82) is 0 Å². The number of nitrogens with zero attached hydrogens (tertiary/aromatic N) is 1. The first kappa shape index (κ1) is 21.5. The zero-order valence-electron chi connectivity index (χ0n) is 16.3. The minimum Gasteiger partial charge on any atom is -0.493 e. The van der Waals surface area contributed by atoms with E-state index in [1.165, 1.54) is 0 Å². The lowest BCUT2D eigenvalue weighted by atomic mass is 9.76. The van der Waals surface area contributed by atoms with Crippen LogP contribution in [-0.4, -0.2) is 36.4 Å². The molecule has 1 heterocycles. The lowest BCUT2D eigenvalue weighted by Gasteiger charge is -2.41. The lowest BCUT2D eigenvalue weighted by Crippen LogP contribution is -2.47. The Bertz CT molecular complexity index is 909. The van der Waals surface area contributed by atoms with Gasteiger partial charge in [-0.15, -0.1) is 0 Å². The van der Waals surface area contributed by atoms with Crippen molar-refractivity contribution in [3.63, 3.8) is 0 Å². The highest BCUT2D eigenvalue weighted by Gasteiger charge is 2.38. The molecule has 1 aliphatic heterocycles. The van der Waals surface area contributed by atoms with Crippen LogP contribution in [0.15, 0.2) is 42.5 Å². The van der Waals surface area contributed by atoms with Crippen molar-refractivity contribution in [2.75, 3.05) is 19.7 Å². The number of halogens is 2. The summed E-state index contributed by atoms with van der Waals surface area (Å²) in [4.78, 5) is 26.3. The highest BCUT2D eigenvalue weighted by atomic mass is 35.5. The van der Waals surface area contributed by atoms with Crippen LogP contribution >= 0.6 is 23.2 Å². The largest absolute Gasteiger partial charge is 0.493 e. The number of carbonyl (C=O) groups excluding carboxylic acids is 2. The number of hydrogen-bond acceptors (Lipinski definition) is 3. The number of hydrogen-bond donors (Lipinski definition) is 1. The molecule has 5 nitrogen and oxygen atoms in total. The molecule has 0 radical (unpaired) electrons. The van der Waals surface area contributed by atoms with Gasteiger partial charge in [0.05, 0.1) is 6.61 Å². The number of ether oxygens (including phenoxy) is 1. The number of amides is 2. The zero-order chi connectivity index (χ0) is 21.0. The molecule has 7 heteroatoms. The molecule has 0 bridgehead atoms. The maximum Gasteiger partial charge on any atom is 0.253 e. The van der Waals surface area contributed by atoms with Crippen molar-refractivity contribution in [3.8, 4) is 5.75 Å². The van der Waals surface area contributed by atoms with Gasteiger partial charge in [0.2, 0.25) is 5.91 Å². The molecule has 1 fully saturated rings. The highest BCUT2D eigenvalue weighted by molar-refractivity contribution is 6.31. The van der Waals surface area contributed by atoms with E-state index in [1.54, 1.807) is 35.2 Å². The van der Waals surface area contributed by atoms with Gasteiger partial charge < -0.3 is 15.4 Å². The molecule has 29 heavy (non-hydrogen) atoms. The molecule has 0 aliphatic carbocycles. The standard InChI is InChI=1S/C22H24Cl2N2O3/c1-15-11-18(5-6-19(15)24)29-14-22(13-20(25)27)7-9-26(10-8-22)21(28)16-3-2-4-17(23)12-16/h2-6,11-12H,7-10,13-14H2,1H3,(H2,25,27). The molecule has 2 aromatic rings. The van der Waals surface area contributed by atoms with Gasteiger partial charge in [-0.2, -0.15) is 0 Å². The molecule has 1 aliphatic rings. The third kappa shape index (κ3) is 5.43. The van der Waals surface area contributed by atoms with Crippen LogP contribution in [0.1, 0.15) is 35.2 Å². The molecule has 0 spiro atoms. The van der Waals surface area contributed by atoms with Gasteiger partial charge in [0.25, 0.3) is 5.91 Å². The van der Waals surface area contributed by atoms with Crippen LogP contribution in [0.4, 0.5) is 0 Å². The maximum absolute atomic E-state index is 12.8. The Morgan fingerprint density at radius 2 is 1.86 bits per heavy atom. The van der Waals surface area contributed by atoms with Gasteiger partial charge in [-0.05, 0) is 61.7 Å². The first-order valence-corrected chi connectivity index (χ1v) is 10.3. The predicted molar refractivity (Wildman–Crippen MR) is 115 cm³/mol. The second-order valence-corrected chi connectivity index (χ2v) is 8.49. The van der Waals surface area contributed by atoms with Crippen molar-refractivity contribution in [3.05, 3.63) is 63.6 Å². The Labute approximate surface area is 180 Å². The minimum atomic E-state index is -0.398. The van der Waals surface area contributed by atoms with Crippen LogP contribution in [0.3, 0.4) is 0 Å². The molecule has 2 amide bonds. The molecule has 0 saturated carbocycles. The Balaban J connectivity index is 1.67. The molecule has 2 aromatic carbocycles. The number of rotatable bonds is 6. The number of nitrogens with two attached hydrogens (primary N) is 1. The van der Waals surface area contributed by atoms with E-state index in [1.807, 2.05) is 19.1 Å². The number of piperidine rings is 1. The molecule has 0 aromatic heterocycles. The van der Waals surface area contributed by atoms with E-state index < -0.39 is 5.41 Å². The van der Waals surface area contributed by atoms with E-state index in [0.717, 1.165) is 5.56 Å². The van der Waals surface area contributed by atoms with E-state index in [4.69, 9.17) is 33.7 Å². The average molecular weight is 435 g/mol. The fraction of sp³-hybridized carbons (Fsp3) is 0.364. The van der Waals surface area contributed by atoms with Crippen molar-refractivity contribution >= 4 is 35.0 Å². The molecule has 154 valence electrons. The zero-order valence-corrected chi connectivity index (χ0v) is 17.8. The summed E-state index contributed by atoms with van der Waals surface area (Å²) >= 11 is 12.1. The number of primary amides is 1. The molecular formula is C22H24Cl2N2O3. The number of carbonyl (C=O) groups is 2. The highest BCUT2D eigenvalue weighted by Crippen LogP contribution is 2.36. The average Bonchev–Trinajstić information content (AvgIpc) is 2.68. The maximum atomic E-state index is 12.8. The fourth-order valence-electron chi connectivity index (χ4n) is 3.67. The van der Waals surface area contributed by atoms with Crippen LogP contribution in [0.25, 0.3) is 0 Å². The molecule has 2 N–H and O–H groups in total. The first-order valence-electron chi connectivity index (χ1n) is 9.50. The number of aryl methyl sites for hydroxylation is 1. The van der Waals surface area contributed by atoms with Gasteiger partial charge in [-0.1, -0.05) is 29.3 Å². The third-order valence-corrected chi connectivity index (χ3v) is 6.07. The number of likely N-dealkylation sites (tertiary alicyclic amines) is 1. The summed E-state index contributed by atoms with van der Waals surface area (Å²) < 4.78 is 5.99. The van der Waals surface area contributed by atoms with Crippen molar-refractivity contribution < 1.29 is 14.3 Å². The first-order chi connectivity index (χ1) is 13.8. The van der Waals surface area contributed by atoms with E-state index in [0.29, 0.717) is 53.9 Å². The summed E-state index contributed by atoms with van der Waals surface area (Å²) in [6, 6.07) is 12.4. The van der Waals surface area contributed by atoms with Gasteiger partial charge in [0.15, 0.2) is 0 Å². The SMILES string of the molecule is Cc1cc(OCC2(CC(N)=O)CCN(C(=O)c3cccc(Cl)c3)CC2)ccc1Cl. The Morgan fingerprint density at radius 1 is 1.14 bits per heavy atom. The van der Waals surface area contributed by atoms with Gasteiger partial charge >= 0.3 is 0 Å². The molecular weight excluding hydrogens is 411 g/mol. The van der Waals surface area contributed by atoms with E-state index in [9.17, 15) is 9.59 Å². The molecule has 1 saturated heterocycles. The number of benzene rings is 2. The van der Waals surface area contributed by atoms with E-state index in [-0.39, 0.29) is 18.2 Å². The van der Waals surface area contributed by atoms with Crippen LogP contribution < -0.4 is 10.5 Å². The van der Waals surface area contributed by atoms with Crippen LogP contribution in [0.2, 0.25) is 10.0 Å². The minimum absolute atomic E-state index is 0.0607. The Morgan fingerprint density at radius 3 is 2.48 bits per heavy atom. The van der Waals surface area contributed by atoms with Crippen molar-refractivity contribution in [2.45, 2.75) is 26.2 Å². The Kier molecular flexibility index (Phi) is 6.70. The van der Waals surface area contributed by atoms with Crippen molar-refractivity contribution in [1.82, 2.24) is 4.90 Å². The van der Waals surface area contributed by atoms with E-state index in [2.05, 4.69) is 0 Å². The fourth-order valence-corrected chi connectivity index (χ4v) is 3.98. The van der Waals surface area contributed by atoms with Gasteiger partial charge in [0.1, 0.15) is 5.75 Å². The second-order valence-electron chi connectivity index (χ2n) is 7.65. The van der Waals surface area contributed by atoms with Crippen molar-refractivity contribution in [2.24, 2.45) is 11.1 Å². The summed E-state index contributed by atoms with van der Waals surface area (Å²) in [7, 11) is 0. The summed E-state index contributed by atoms with van der Waals surface area (Å²) in [5.41, 5.74) is 6.61. The second kappa shape index (κ2) is 9.06. The topological polar surface area (TPSA) is 72.6 Å². The lowest BCUT2D eigenvalue weighted by molar-refractivity contribution is -0.121. The van der Waals surface area contributed by atoms with Gasteiger partial charge in [0, 0.05) is 40.5 Å². The van der Waals surface area contributed by atoms with Gasteiger partial charge in [-0.25, -0.2) is 0 Å². The summed E-state index contributed by atoms with van der Waals surface area (Å²) in [6.45, 7) is 3.33. The van der Waals surface area contributed by atoms with Crippen LogP contribution in [0.5, 0.6) is 5.75 Å². The normalized spacial score (nSPS) is 15.8. The summed E-state index contributed by atoms with van der Waals surface area (Å²) in [5, 5.41) is 1.21. The smallest absolute Gasteiger partial charge is 0.253 e. The predicted octanol–water partition coefficient (Wildman–Crippen LogP) is 4.48. The molecule has 0 atom stereocenters. The monoisotopic (exact) mass is 434 g/mol. The quantitative estimate of drug-likeness (QED) is 0.727. The molecule has 3 rings (SSSR count). The van der Waals surface area contributed by atoms with Crippen LogP contribution in [0, 0.1) is 12.3 Å². The van der Waals surface area contributed by atoms with Gasteiger partial charge in [-0.3, -0.25) is 9.59 Å². The molecule has 0 unspecified atom stereocenters. The van der Waals surface area contributed by atoms with Crippen LogP contribution in [-0.2, 0) is 4.79 Å². The third-order valence-electron chi connectivity index (χ3n) is 5.41. The van der Waals surface area contributed by atoms with E-state index >= 15 is 0 Å². The Hall–Kier alpha value is -2.24.